The summed E-state index contributed by atoms with van der Waals surface area (Å²) in [5.41, 5.74) is 1.24. The molecule has 0 radical (unpaired) electrons. The molecule has 1 aromatic heterocycles. The number of hydrogen-bond acceptors (Lipinski definition) is 29. The number of anilines is 2. The Kier molecular flexibility index (Phi) is 16.4. The summed E-state index contributed by atoms with van der Waals surface area (Å²) in [6.45, 7) is 1.12. The summed E-state index contributed by atoms with van der Waals surface area (Å²) in [7, 11) is -38.0. The first-order valence-electron chi connectivity index (χ1n) is 22.5. The van der Waals surface area contributed by atoms with Crippen molar-refractivity contribution in [1.29, 1.82) is 0 Å². The van der Waals surface area contributed by atoms with Crippen molar-refractivity contribution in [3.8, 4) is 23.1 Å². The number of nitrogens with zero attached hydrogens (tertiary/aromatic N) is 10. The first-order chi connectivity index (χ1) is 40.4. The number of carboxylic acid groups (broad SMARTS) is 1. The number of carbonyl (C=O) groups is 1. The molecule has 38 nitrogen and oxygen atoms in total. The Labute approximate surface area is 491 Å². The summed E-state index contributed by atoms with van der Waals surface area (Å²) >= 11 is 0. The third-order valence-electron chi connectivity index (χ3n) is 11.8. The van der Waals surface area contributed by atoms with Gasteiger partial charge in [0.25, 0.3) is 70.8 Å². The molecule has 0 fully saturated rings. The van der Waals surface area contributed by atoms with Crippen LogP contribution in [0.1, 0.15) is 16.1 Å². The normalized spacial score (nSPS) is 13.3. The van der Waals surface area contributed by atoms with Gasteiger partial charge in [0.1, 0.15) is 63.5 Å². The number of aryl methyl sites for hydroxylation is 1. The molecule has 0 aliphatic rings. The predicted octanol–water partition coefficient (Wildman–Crippen LogP) is 6.86. The molecule has 0 bridgehead atoms. The molecule has 0 amide bonds. The number of nitrogen functional groups attached to an aromatic ring is 2. The van der Waals surface area contributed by atoms with Crippen molar-refractivity contribution in [3.63, 3.8) is 0 Å². The number of benzene rings is 7. The number of azo groups is 4. The quantitative estimate of drug-likeness (QED) is 0.0251. The van der Waals surface area contributed by atoms with Crippen molar-refractivity contribution in [3.05, 3.63) is 96.2 Å². The van der Waals surface area contributed by atoms with E-state index in [-0.39, 0.29) is 23.0 Å². The van der Waals surface area contributed by atoms with Crippen LogP contribution in [-0.2, 0) is 70.8 Å². The number of phenolic OH excluding ortho intramolecular Hbond substituents is 2. The highest BCUT2D eigenvalue weighted by Gasteiger charge is 2.32. The van der Waals surface area contributed by atoms with Crippen molar-refractivity contribution in [2.24, 2.45) is 40.9 Å². The second-order valence-corrected chi connectivity index (χ2v) is 27.3. The fourth-order valence-electron chi connectivity index (χ4n) is 7.99. The van der Waals surface area contributed by atoms with Gasteiger partial charge in [-0.25, -0.2) is 4.79 Å². The molecule has 0 aliphatic carbocycles. The van der Waals surface area contributed by atoms with Crippen LogP contribution >= 0.6 is 0 Å². The van der Waals surface area contributed by atoms with Gasteiger partial charge < -0.3 is 31.9 Å². The van der Waals surface area contributed by atoms with E-state index >= 15 is 0 Å². The van der Waals surface area contributed by atoms with Gasteiger partial charge in [-0.2, -0.15) is 73.8 Å². The third kappa shape index (κ3) is 12.8. The molecule has 8 aromatic rings. The highest BCUT2D eigenvalue weighted by atomic mass is 32.2. The maximum atomic E-state index is 13.2. The molecule has 45 heteroatoms. The summed E-state index contributed by atoms with van der Waals surface area (Å²) in [6.07, 6.45) is 0. The van der Waals surface area contributed by atoms with Gasteiger partial charge >= 0.3 is 5.97 Å². The molecule has 0 spiro atoms. The average Bonchev–Trinajstić information content (AvgIpc) is 0.949. The smallest absolute Gasteiger partial charge is 0.358 e. The second-order valence-electron chi connectivity index (χ2n) is 17.6. The molecule has 0 saturated heterocycles. The van der Waals surface area contributed by atoms with Crippen LogP contribution in [0.15, 0.2) is 160 Å². The molecule has 1 heterocycles. The number of aromatic hydroxyl groups is 3. The first kappa shape index (κ1) is 64.5. The van der Waals surface area contributed by atoms with Gasteiger partial charge in [-0.3, -0.25) is 31.9 Å². The molecule has 0 unspecified atom stereocenters. The van der Waals surface area contributed by atoms with E-state index in [1.807, 2.05) is 0 Å². The summed E-state index contributed by atoms with van der Waals surface area (Å²) in [6, 6.07) is 9.86. The van der Waals surface area contributed by atoms with E-state index in [4.69, 9.17) is 11.5 Å². The number of aromatic nitrogens is 2. The Morgan fingerprint density at radius 1 is 0.443 bits per heavy atom. The number of nitrogens with two attached hydrogens (primary N) is 2. The Morgan fingerprint density at radius 3 is 1.45 bits per heavy atom. The van der Waals surface area contributed by atoms with Crippen LogP contribution in [-0.4, -0.2) is 127 Å². The van der Waals surface area contributed by atoms with Crippen LogP contribution in [0.25, 0.3) is 27.2 Å². The van der Waals surface area contributed by atoms with Gasteiger partial charge in [0.05, 0.1) is 27.3 Å². The molecule has 88 heavy (non-hydrogen) atoms. The zero-order chi connectivity index (χ0) is 65.5. The lowest BCUT2D eigenvalue weighted by molar-refractivity contribution is 0.0690. The van der Waals surface area contributed by atoms with Gasteiger partial charge in [-0.1, -0.05) is 0 Å². The van der Waals surface area contributed by atoms with E-state index in [2.05, 4.69) is 46.0 Å². The molecule has 462 valence electrons. The lowest BCUT2D eigenvalue weighted by atomic mass is 10.0. The fourth-order valence-corrected chi connectivity index (χ4v) is 12.6. The lowest BCUT2D eigenvalue weighted by Crippen LogP contribution is -2.04. The number of fused-ring (bicyclic) bond motifs is 2. The zero-order valence-electron chi connectivity index (χ0n) is 42.6. The largest absolute Gasteiger partial charge is 0.505 e. The third-order valence-corrected chi connectivity index (χ3v) is 18.1. The van der Waals surface area contributed by atoms with E-state index < -0.39 is 207 Å². The molecule has 0 atom stereocenters. The van der Waals surface area contributed by atoms with Crippen LogP contribution in [0, 0.1) is 6.92 Å². The lowest BCUT2D eigenvalue weighted by Gasteiger charge is -2.15. The number of rotatable bonds is 17. The van der Waals surface area contributed by atoms with Gasteiger partial charge in [0, 0.05) is 21.8 Å². The number of aromatic carboxylic acids is 1. The minimum Gasteiger partial charge on any atom is -0.505 e. The molecular weight excluding hydrogens is 1320 g/mol. The molecule has 7 aromatic carbocycles. The molecule has 15 N–H and O–H groups in total. The zero-order valence-corrected chi connectivity index (χ0v) is 48.3. The maximum Gasteiger partial charge on any atom is 0.358 e. The SMILES string of the molecule is Cc1cc(S(=O)(=O)O)c(N=Nc2c(C(=O)O)nn(-c3ccc(S(=O)(=O)O)cc3)c2O)cc1N=Nc1c(S(=O)(=O)O)cc2c(S(=O)(=O)O)c(N=Nc3cc(S(=O)(=O)O)c4cc(S(=O)(=O)O)c(N=Nc5ccc(N)cc5S(=O)(=O)O)c(O)c4c3N)ccc2c1O. The van der Waals surface area contributed by atoms with Crippen LogP contribution in [0.2, 0.25) is 0 Å². The second kappa shape index (κ2) is 22.3. The van der Waals surface area contributed by atoms with Gasteiger partial charge in [0.2, 0.25) is 11.6 Å². The molecule has 0 saturated carbocycles. The standard InChI is InChI=1S/C43H32N12O26S7/c1-16-10-29(84(67,68)69)26(49-53-37-38(43(59)60)54-55(42(37)58)18-3-5-19(6-4-18)82(61,62)63)14-25(16)48-51-35-31(86(73,74)75)12-21-20(39(35)56)7-9-24(41(21)88(79,80)81)47-50-27-15-28(83(64,65)66)22-13-32(87(76,77)78)36(40(57)33(22)34(27)45)52-46-23-8-2-17(44)11-30(23)85(70,71)72/h2-15,56-58H,44-45H2,1H3,(H,59,60)(H,61,62,63)(H,64,65,66)(H,67,68,69)(H,70,71,72)(H,73,74,75)(H,76,77,78)(H,79,80,81). The summed E-state index contributed by atoms with van der Waals surface area (Å²) < 4.78 is 246. The van der Waals surface area contributed by atoms with Gasteiger partial charge in [0.15, 0.2) is 17.2 Å². The van der Waals surface area contributed by atoms with Crippen LogP contribution in [0.4, 0.5) is 56.9 Å². The predicted molar refractivity (Wildman–Crippen MR) is 295 cm³/mol. The van der Waals surface area contributed by atoms with Crippen LogP contribution in [0.3, 0.4) is 0 Å². The van der Waals surface area contributed by atoms with E-state index in [9.17, 15) is 116 Å². The minimum atomic E-state index is -5.78. The van der Waals surface area contributed by atoms with E-state index in [1.165, 1.54) is 0 Å². The maximum absolute atomic E-state index is 13.2. The Bertz CT molecular complexity index is 5390. The van der Waals surface area contributed by atoms with Gasteiger partial charge in [-0.05, 0) is 97.4 Å². The van der Waals surface area contributed by atoms with Crippen molar-refractivity contribution in [2.45, 2.75) is 41.2 Å². The average molecular weight is 1360 g/mol. The van der Waals surface area contributed by atoms with Crippen molar-refractivity contribution < 1.29 is 116 Å². The molecule has 8 rings (SSSR count). The molecule has 0 aliphatic heterocycles. The Hall–Kier alpha value is -9.49. The Morgan fingerprint density at radius 2 is 0.920 bits per heavy atom. The van der Waals surface area contributed by atoms with E-state index in [0.717, 1.165) is 49.4 Å². The monoisotopic (exact) mass is 1360 g/mol. The van der Waals surface area contributed by atoms with Crippen molar-refractivity contribution >= 4 is 155 Å². The fraction of sp³-hybridized carbons (Fsp3) is 0.0233. The van der Waals surface area contributed by atoms with Gasteiger partial charge in [-0.15, -0.1) is 35.8 Å². The highest BCUT2D eigenvalue weighted by molar-refractivity contribution is 7.87. The van der Waals surface area contributed by atoms with E-state index in [0.29, 0.717) is 41.1 Å². The number of hydrogen-bond donors (Lipinski definition) is 13. The van der Waals surface area contributed by atoms with E-state index in [1.54, 1.807) is 0 Å². The summed E-state index contributed by atoms with van der Waals surface area (Å²) in [5, 5.41) is 72.6. The first-order valence-corrected chi connectivity index (χ1v) is 32.6. The number of carboxylic acids is 1. The topological polar surface area (TPSA) is 647 Å². The van der Waals surface area contributed by atoms with Crippen molar-refractivity contribution in [2.75, 3.05) is 11.5 Å². The summed E-state index contributed by atoms with van der Waals surface area (Å²) in [4.78, 5) is 3.64. The molecular formula is C43H32N12O26S7. The summed E-state index contributed by atoms with van der Waals surface area (Å²) in [5.74, 6) is -5.86. The Balaban J connectivity index is 1.26. The van der Waals surface area contributed by atoms with Crippen molar-refractivity contribution in [1.82, 2.24) is 9.78 Å². The highest BCUT2D eigenvalue weighted by Crippen LogP contribution is 2.50. The van der Waals surface area contributed by atoms with Crippen LogP contribution in [0.5, 0.6) is 17.4 Å². The number of phenols is 2. The van der Waals surface area contributed by atoms with Crippen LogP contribution < -0.4 is 11.5 Å². The minimum absolute atomic E-state index is 0.221.